The quantitative estimate of drug-likeness (QED) is 0.185. The van der Waals surface area contributed by atoms with Crippen molar-refractivity contribution in [2.24, 2.45) is 0 Å². The summed E-state index contributed by atoms with van der Waals surface area (Å²) in [5, 5.41) is 4.64. The van der Waals surface area contributed by atoms with E-state index in [0.717, 1.165) is 50.1 Å². The average molecular weight is 614 g/mol. The lowest BCUT2D eigenvalue weighted by atomic mass is 9.93. The predicted molar refractivity (Wildman–Crippen MR) is 202 cm³/mol. The van der Waals surface area contributed by atoms with Crippen LogP contribution in [0.1, 0.15) is 0 Å². The highest BCUT2D eigenvalue weighted by atomic mass is 16.3. The van der Waals surface area contributed by atoms with Crippen molar-refractivity contribution >= 4 is 49.8 Å². The maximum absolute atomic E-state index is 6.47. The summed E-state index contributed by atoms with van der Waals surface area (Å²) in [7, 11) is 0. The van der Waals surface area contributed by atoms with Gasteiger partial charge < -0.3 is 9.32 Å². The maximum atomic E-state index is 6.47. The molecular formula is C46H31NO. The highest BCUT2D eigenvalue weighted by Gasteiger charge is 2.19. The highest BCUT2D eigenvalue weighted by molar-refractivity contribution is 6.22. The van der Waals surface area contributed by atoms with Gasteiger partial charge in [0.2, 0.25) is 0 Å². The molecule has 0 unspecified atom stereocenters. The largest absolute Gasteiger partial charge is 0.456 e. The molecule has 9 rings (SSSR count). The van der Waals surface area contributed by atoms with Crippen LogP contribution in [-0.4, -0.2) is 0 Å². The molecule has 0 saturated carbocycles. The van der Waals surface area contributed by atoms with E-state index in [4.69, 9.17) is 4.42 Å². The zero-order valence-electron chi connectivity index (χ0n) is 26.3. The van der Waals surface area contributed by atoms with E-state index >= 15 is 0 Å². The molecule has 226 valence electrons. The van der Waals surface area contributed by atoms with Gasteiger partial charge in [-0.05, 0) is 92.7 Å². The van der Waals surface area contributed by atoms with E-state index in [2.05, 4.69) is 187 Å². The van der Waals surface area contributed by atoms with Crippen molar-refractivity contribution in [3.05, 3.63) is 188 Å². The van der Waals surface area contributed by atoms with Crippen molar-refractivity contribution in [3.8, 4) is 33.4 Å². The summed E-state index contributed by atoms with van der Waals surface area (Å²) >= 11 is 0. The van der Waals surface area contributed by atoms with Gasteiger partial charge in [-0.3, -0.25) is 0 Å². The summed E-state index contributed by atoms with van der Waals surface area (Å²) in [6, 6.07) is 66.8. The zero-order valence-corrected chi connectivity index (χ0v) is 26.3. The highest BCUT2D eigenvalue weighted by Crippen LogP contribution is 2.44. The number of furan rings is 1. The summed E-state index contributed by atoms with van der Waals surface area (Å²) in [5.74, 6) is 0. The first kappa shape index (κ1) is 27.9. The Morgan fingerprint density at radius 2 is 0.812 bits per heavy atom. The van der Waals surface area contributed by atoms with Crippen LogP contribution >= 0.6 is 0 Å². The second-order valence-electron chi connectivity index (χ2n) is 12.2. The number of benzene rings is 8. The van der Waals surface area contributed by atoms with Gasteiger partial charge in [0.1, 0.15) is 11.2 Å². The normalized spacial score (nSPS) is 11.3. The fourth-order valence-electron chi connectivity index (χ4n) is 6.93. The molecule has 0 radical (unpaired) electrons. The minimum Gasteiger partial charge on any atom is -0.456 e. The lowest BCUT2D eigenvalue weighted by Gasteiger charge is -2.26. The molecule has 8 aromatic carbocycles. The van der Waals surface area contributed by atoms with Crippen LogP contribution in [0.3, 0.4) is 0 Å². The second-order valence-corrected chi connectivity index (χ2v) is 12.2. The smallest absolute Gasteiger partial charge is 0.136 e. The van der Waals surface area contributed by atoms with Crippen LogP contribution in [0.4, 0.5) is 17.1 Å². The van der Waals surface area contributed by atoms with Crippen molar-refractivity contribution in [2.75, 3.05) is 4.90 Å². The van der Waals surface area contributed by atoms with Gasteiger partial charge in [0.25, 0.3) is 0 Å². The molecule has 1 aromatic heterocycles. The van der Waals surface area contributed by atoms with E-state index in [1.54, 1.807) is 0 Å². The molecule has 48 heavy (non-hydrogen) atoms. The Kier molecular flexibility index (Phi) is 6.84. The van der Waals surface area contributed by atoms with Crippen LogP contribution in [0.15, 0.2) is 192 Å². The summed E-state index contributed by atoms with van der Waals surface area (Å²) in [4.78, 5) is 2.34. The molecule has 0 saturated heterocycles. The lowest BCUT2D eigenvalue weighted by molar-refractivity contribution is 0.669. The number of anilines is 3. The van der Waals surface area contributed by atoms with Gasteiger partial charge in [0, 0.05) is 27.8 Å². The van der Waals surface area contributed by atoms with Gasteiger partial charge in [-0.15, -0.1) is 0 Å². The Morgan fingerprint density at radius 3 is 1.48 bits per heavy atom. The molecule has 0 aliphatic rings. The summed E-state index contributed by atoms with van der Waals surface area (Å²) in [6.45, 7) is 0. The molecule has 0 bridgehead atoms. The first-order valence-electron chi connectivity index (χ1n) is 16.3. The van der Waals surface area contributed by atoms with E-state index in [1.165, 1.54) is 33.0 Å². The SMILES string of the molecule is c1ccc(-c2ccc(-c3cc4oc5ccccc5c4c4ccc(N(c5ccccc5)c5ccc(-c6ccccc6)cc5)cc34)cc2)cc1. The van der Waals surface area contributed by atoms with E-state index in [1.807, 2.05) is 6.07 Å². The molecule has 0 spiro atoms. The average Bonchev–Trinajstić information content (AvgIpc) is 3.55. The Balaban J connectivity index is 1.24. The van der Waals surface area contributed by atoms with Crippen LogP contribution in [-0.2, 0) is 0 Å². The molecule has 0 atom stereocenters. The van der Waals surface area contributed by atoms with Crippen molar-refractivity contribution in [3.63, 3.8) is 0 Å². The first-order chi connectivity index (χ1) is 23.8. The third-order valence-corrected chi connectivity index (χ3v) is 9.27. The number of para-hydroxylation sites is 2. The van der Waals surface area contributed by atoms with Gasteiger partial charge in [0.15, 0.2) is 0 Å². The standard InChI is InChI=1S/C46H31NO/c1-4-12-32(13-5-1)34-20-22-36(23-21-34)42-31-45-46(41-18-10-11-19-44(41)48-45)40-29-28-39(30-43(40)42)47(37-16-8-3-9-17-37)38-26-24-35(25-27-38)33-14-6-2-7-15-33/h1-31H. The molecule has 0 aliphatic heterocycles. The third-order valence-electron chi connectivity index (χ3n) is 9.27. The Hall–Kier alpha value is -6.38. The van der Waals surface area contributed by atoms with Gasteiger partial charge >= 0.3 is 0 Å². The van der Waals surface area contributed by atoms with Crippen molar-refractivity contribution in [1.82, 2.24) is 0 Å². The monoisotopic (exact) mass is 613 g/mol. The molecular weight excluding hydrogens is 583 g/mol. The molecule has 9 aromatic rings. The third kappa shape index (κ3) is 4.92. The number of fused-ring (bicyclic) bond motifs is 5. The number of nitrogens with zero attached hydrogens (tertiary/aromatic N) is 1. The van der Waals surface area contributed by atoms with Gasteiger partial charge in [-0.1, -0.05) is 140 Å². The fraction of sp³-hybridized carbons (Fsp3) is 0. The fourth-order valence-corrected chi connectivity index (χ4v) is 6.93. The Bertz CT molecular complexity index is 2520. The Labute approximate surface area is 279 Å². The molecule has 0 fully saturated rings. The van der Waals surface area contributed by atoms with Crippen molar-refractivity contribution in [2.45, 2.75) is 0 Å². The number of hydrogen-bond donors (Lipinski definition) is 0. The predicted octanol–water partition coefficient (Wildman–Crippen LogP) is 13.2. The van der Waals surface area contributed by atoms with Gasteiger partial charge in [0.05, 0.1) is 0 Å². The molecule has 1 heterocycles. The van der Waals surface area contributed by atoms with E-state index in [-0.39, 0.29) is 0 Å². The van der Waals surface area contributed by atoms with Crippen molar-refractivity contribution < 1.29 is 4.42 Å². The van der Waals surface area contributed by atoms with Crippen molar-refractivity contribution in [1.29, 1.82) is 0 Å². The minimum atomic E-state index is 0.898. The van der Waals surface area contributed by atoms with Crippen LogP contribution in [0.25, 0.3) is 66.1 Å². The van der Waals surface area contributed by atoms with Crippen LogP contribution in [0.5, 0.6) is 0 Å². The first-order valence-corrected chi connectivity index (χ1v) is 16.3. The van der Waals surface area contributed by atoms with E-state index in [9.17, 15) is 0 Å². The van der Waals surface area contributed by atoms with Gasteiger partial charge in [-0.2, -0.15) is 0 Å². The molecule has 0 N–H and O–H groups in total. The van der Waals surface area contributed by atoms with Crippen LogP contribution in [0.2, 0.25) is 0 Å². The molecule has 2 heteroatoms. The lowest BCUT2D eigenvalue weighted by Crippen LogP contribution is -2.09. The molecule has 0 amide bonds. The van der Waals surface area contributed by atoms with E-state index in [0.29, 0.717) is 0 Å². The number of hydrogen-bond acceptors (Lipinski definition) is 2. The molecule has 0 aliphatic carbocycles. The van der Waals surface area contributed by atoms with E-state index < -0.39 is 0 Å². The van der Waals surface area contributed by atoms with Gasteiger partial charge in [-0.25, -0.2) is 0 Å². The number of rotatable bonds is 6. The minimum absolute atomic E-state index is 0.898. The topological polar surface area (TPSA) is 16.4 Å². The zero-order chi connectivity index (χ0) is 31.9. The second kappa shape index (κ2) is 11.8. The summed E-state index contributed by atoms with van der Waals surface area (Å²) in [5.41, 5.74) is 12.2. The summed E-state index contributed by atoms with van der Waals surface area (Å²) < 4.78 is 6.47. The van der Waals surface area contributed by atoms with Crippen LogP contribution < -0.4 is 4.90 Å². The Morgan fingerprint density at radius 1 is 0.312 bits per heavy atom. The molecule has 2 nitrogen and oxygen atoms in total. The van der Waals surface area contributed by atoms with Crippen LogP contribution in [0, 0.1) is 0 Å². The maximum Gasteiger partial charge on any atom is 0.136 e. The summed E-state index contributed by atoms with van der Waals surface area (Å²) in [6.07, 6.45) is 0.